The van der Waals surface area contributed by atoms with E-state index < -0.39 is 5.60 Å². The van der Waals surface area contributed by atoms with Crippen molar-refractivity contribution in [3.63, 3.8) is 0 Å². The maximum absolute atomic E-state index is 13.1. The molecule has 4 rings (SSSR count). The molecular weight excluding hydrogens is 399 g/mol. The van der Waals surface area contributed by atoms with E-state index in [-0.39, 0.29) is 5.82 Å². The van der Waals surface area contributed by atoms with Crippen LogP contribution in [0.5, 0.6) is 0 Å². The van der Waals surface area contributed by atoms with Gasteiger partial charge in [0.2, 0.25) is 0 Å². The summed E-state index contributed by atoms with van der Waals surface area (Å²) < 4.78 is 13.1. The molecule has 7 heteroatoms. The van der Waals surface area contributed by atoms with Crippen molar-refractivity contribution >= 4 is 11.3 Å². The van der Waals surface area contributed by atoms with Gasteiger partial charge >= 0.3 is 0 Å². The summed E-state index contributed by atoms with van der Waals surface area (Å²) in [6.07, 6.45) is 4.97. The van der Waals surface area contributed by atoms with Gasteiger partial charge in [-0.1, -0.05) is 18.2 Å². The topological polar surface area (TPSA) is 52.5 Å². The third-order valence-electron chi connectivity index (χ3n) is 5.61. The molecule has 0 radical (unpaired) electrons. The van der Waals surface area contributed by atoms with Crippen LogP contribution in [0.25, 0.3) is 0 Å². The normalized spacial score (nSPS) is 16.8. The molecule has 0 aliphatic carbocycles. The number of thiazole rings is 1. The Morgan fingerprint density at radius 2 is 1.90 bits per heavy atom. The lowest BCUT2D eigenvalue weighted by atomic mass is 9.88. The zero-order valence-corrected chi connectivity index (χ0v) is 18.0. The molecule has 30 heavy (non-hydrogen) atoms. The van der Waals surface area contributed by atoms with Gasteiger partial charge in [-0.05, 0) is 49.2 Å². The average Bonchev–Trinajstić information content (AvgIpc) is 3.21. The molecule has 0 saturated carbocycles. The highest BCUT2D eigenvalue weighted by Gasteiger charge is 2.36. The molecule has 0 unspecified atom stereocenters. The molecule has 2 aromatic heterocycles. The van der Waals surface area contributed by atoms with Crippen LogP contribution in [0.1, 0.15) is 34.7 Å². The quantitative estimate of drug-likeness (QED) is 0.623. The Morgan fingerprint density at radius 1 is 1.13 bits per heavy atom. The molecule has 0 spiro atoms. The predicted octanol–water partition coefficient (Wildman–Crippen LogP) is 3.79. The van der Waals surface area contributed by atoms with Gasteiger partial charge in [-0.15, -0.1) is 11.3 Å². The molecule has 1 fully saturated rings. The Bertz CT molecular complexity index is 939. The summed E-state index contributed by atoms with van der Waals surface area (Å²) in [6, 6.07) is 10.7. The maximum Gasteiger partial charge on any atom is 0.123 e. The van der Waals surface area contributed by atoms with E-state index in [0.29, 0.717) is 12.8 Å². The van der Waals surface area contributed by atoms with Gasteiger partial charge in [0.25, 0.3) is 0 Å². The Labute approximate surface area is 180 Å². The van der Waals surface area contributed by atoms with Gasteiger partial charge in [-0.25, -0.2) is 9.37 Å². The van der Waals surface area contributed by atoms with Gasteiger partial charge < -0.3 is 5.11 Å². The van der Waals surface area contributed by atoms with E-state index in [1.807, 2.05) is 29.8 Å². The van der Waals surface area contributed by atoms with Crippen molar-refractivity contribution in [2.45, 2.75) is 38.1 Å². The number of hydrogen-bond acceptors (Lipinski definition) is 6. The fourth-order valence-corrected chi connectivity index (χ4v) is 4.84. The zero-order chi connectivity index (χ0) is 21.0. The van der Waals surface area contributed by atoms with Crippen molar-refractivity contribution in [1.29, 1.82) is 0 Å². The van der Waals surface area contributed by atoms with Gasteiger partial charge in [-0.3, -0.25) is 14.8 Å². The molecule has 3 aromatic rings. The molecule has 0 atom stereocenters. The molecule has 1 N–H and O–H groups in total. The molecule has 3 heterocycles. The predicted molar refractivity (Wildman–Crippen MR) is 116 cm³/mol. The number of likely N-dealkylation sites (tertiary alicyclic amines) is 1. The van der Waals surface area contributed by atoms with Crippen molar-refractivity contribution in [2.24, 2.45) is 0 Å². The smallest absolute Gasteiger partial charge is 0.123 e. The van der Waals surface area contributed by atoms with Gasteiger partial charge in [0.05, 0.1) is 12.2 Å². The van der Waals surface area contributed by atoms with Crippen LogP contribution in [-0.2, 0) is 25.2 Å². The minimum Gasteiger partial charge on any atom is -0.383 e. The number of aliphatic hydroxyl groups is 1. The summed E-state index contributed by atoms with van der Waals surface area (Å²) in [6.45, 7) is 3.92. The second-order valence-corrected chi connectivity index (χ2v) is 9.04. The highest BCUT2D eigenvalue weighted by molar-refractivity contribution is 7.09. The van der Waals surface area contributed by atoms with E-state index in [1.54, 1.807) is 17.5 Å². The van der Waals surface area contributed by atoms with Crippen LogP contribution in [0.2, 0.25) is 0 Å². The summed E-state index contributed by atoms with van der Waals surface area (Å²) in [5, 5.41) is 14.2. The average molecular weight is 427 g/mol. The first-order chi connectivity index (χ1) is 14.5. The molecule has 1 aliphatic rings. The van der Waals surface area contributed by atoms with E-state index in [4.69, 9.17) is 4.98 Å². The Morgan fingerprint density at radius 3 is 2.60 bits per heavy atom. The first kappa shape index (κ1) is 21.1. The van der Waals surface area contributed by atoms with Gasteiger partial charge in [0.15, 0.2) is 0 Å². The van der Waals surface area contributed by atoms with Crippen LogP contribution in [-0.4, -0.2) is 45.0 Å². The molecule has 0 bridgehead atoms. The van der Waals surface area contributed by atoms with Crippen LogP contribution in [0, 0.1) is 5.82 Å². The third kappa shape index (κ3) is 5.29. The molecule has 0 amide bonds. The lowest BCUT2D eigenvalue weighted by molar-refractivity contribution is -0.0307. The first-order valence-corrected chi connectivity index (χ1v) is 11.1. The van der Waals surface area contributed by atoms with Gasteiger partial charge in [0.1, 0.15) is 16.4 Å². The number of hydrogen-bond donors (Lipinski definition) is 1. The van der Waals surface area contributed by atoms with Crippen molar-refractivity contribution in [3.05, 3.63) is 81.8 Å². The van der Waals surface area contributed by atoms with E-state index in [2.05, 4.69) is 27.9 Å². The zero-order valence-electron chi connectivity index (χ0n) is 17.2. The van der Waals surface area contributed by atoms with Gasteiger partial charge in [-0.2, -0.15) is 0 Å². The minimum absolute atomic E-state index is 0.211. The number of aromatic nitrogens is 2. The first-order valence-electron chi connectivity index (χ1n) is 10.2. The van der Waals surface area contributed by atoms with Crippen molar-refractivity contribution < 1.29 is 9.50 Å². The summed E-state index contributed by atoms with van der Waals surface area (Å²) in [7, 11) is 2.07. The van der Waals surface area contributed by atoms with E-state index in [0.717, 1.165) is 49.0 Å². The number of pyridine rings is 1. The van der Waals surface area contributed by atoms with Crippen LogP contribution in [0.4, 0.5) is 4.39 Å². The summed E-state index contributed by atoms with van der Waals surface area (Å²) in [5.41, 5.74) is 2.19. The number of nitrogens with zero attached hydrogens (tertiary/aromatic N) is 4. The highest BCUT2D eigenvalue weighted by atomic mass is 32.1. The minimum atomic E-state index is -0.865. The fraction of sp³-hybridized carbons (Fsp3) is 0.391. The monoisotopic (exact) mass is 426 g/mol. The van der Waals surface area contributed by atoms with Crippen molar-refractivity contribution in [2.75, 3.05) is 20.1 Å². The number of rotatable bonds is 7. The number of piperidine rings is 1. The van der Waals surface area contributed by atoms with E-state index >= 15 is 0 Å². The lowest BCUT2D eigenvalue weighted by Crippen LogP contribution is -2.42. The molecule has 158 valence electrons. The summed E-state index contributed by atoms with van der Waals surface area (Å²) in [5.74, 6) is -0.211. The van der Waals surface area contributed by atoms with Crippen LogP contribution in [0.15, 0.2) is 54.2 Å². The molecule has 5 nitrogen and oxygen atoms in total. The Kier molecular flexibility index (Phi) is 6.53. The number of benzene rings is 1. The lowest BCUT2D eigenvalue weighted by Gasteiger charge is -2.37. The van der Waals surface area contributed by atoms with E-state index in [9.17, 15) is 9.50 Å². The molecule has 1 aliphatic heterocycles. The Balaban J connectivity index is 1.31. The highest BCUT2D eigenvalue weighted by Crippen LogP contribution is 2.34. The summed E-state index contributed by atoms with van der Waals surface area (Å²) in [4.78, 5) is 13.4. The van der Waals surface area contributed by atoms with E-state index in [1.165, 1.54) is 17.7 Å². The largest absolute Gasteiger partial charge is 0.383 e. The second kappa shape index (κ2) is 9.31. The number of halogens is 1. The third-order valence-corrected chi connectivity index (χ3v) is 6.45. The van der Waals surface area contributed by atoms with Gasteiger partial charge in [0, 0.05) is 44.0 Å². The maximum atomic E-state index is 13.1. The SMILES string of the molecule is CN(Cc1cccnc1)Cc1nc(C2(O)CCN(Cc3ccc(F)cc3)CC2)cs1. The van der Waals surface area contributed by atoms with Crippen LogP contribution >= 0.6 is 11.3 Å². The van der Waals surface area contributed by atoms with Crippen LogP contribution in [0.3, 0.4) is 0 Å². The second-order valence-electron chi connectivity index (χ2n) is 8.09. The Hall–Kier alpha value is -2.19. The van der Waals surface area contributed by atoms with Crippen molar-refractivity contribution in [1.82, 2.24) is 19.8 Å². The molecular formula is C23H27FN4OS. The molecule has 1 aromatic carbocycles. The summed E-state index contributed by atoms with van der Waals surface area (Å²) >= 11 is 1.61. The van der Waals surface area contributed by atoms with Crippen molar-refractivity contribution in [3.8, 4) is 0 Å². The fourth-order valence-electron chi connectivity index (χ4n) is 3.87. The standard InChI is InChI=1S/C23H27FN4OS/c1-27(14-19-3-2-10-25-13-19)16-22-26-21(17-30-22)23(29)8-11-28(12-9-23)15-18-4-6-20(24)7-5-18/h2-7,10,13,17,29H,8-9,11-12,14-16H2,1H3. The van der Waals surface area contributed by atoms with Crippen LogP contribution < -0.4 is 0 Å². The molecule has 1 saturated heterocycles.